The molecule has 0 fully saturated rings. The molecule has 0 aromatic heterocycles. The Balaban J connectivity index is 0. The molecule has 0 aromatic rings. The molecule has 2 atom stereocenters. The van der Waals surface area contributed by atoms with Crippen molar-refractivity contribution >= 4 is 11.8 Å². The minimum Gasteiger partial charge on any atom is -0.369 e. The van der Waals surface area contributed by atoms with Crippen molar-refractivity contribution < 1.29 is 9.59 Å². The van der Waals surface area contributed by atoms with Crippen molar-refractivity contribution in [1.29, 1.82) is 0 Å². The Morgan fingerprint density at radius 3 is 1.90 bits per heavy atom. The molecule has 0 aliphatic carbocycles. The first-order chi connectivity index (χ1) is 8.90. The molecule has 124 valence electrons. The molecule has 0 aromatic carbocycles. The van der Waals surface area contributed by atoms with E-state index in [0.717, 1.165) is 0 Å². The SMILES string of the molecule is C.C/C=C/C[C@H](C(N)=O)[C@H](C(=O)NC(C)(C)C)C(C)(C)C. The Labute approximate surface area is 130 Å². The van der Waals surface area contributed by atoms with Gasteiger partial charge in [-0.15, -0.1) is 0 Å². The van der Waals surface area contributed by atoms with Gasteiger partial charge in [0.1, 0.15) is 0 Å². The van der Waals surface area contributed by atoms with E-state index < -0.39 is 17.7 Å². The number of amides is 2. The highest BCUT2D eigenvalue weighted by atomic mass is 16.2. The Kier molecular flexibility index (Phi) is 8.58. The van der Waals surface area contributed by atoms with E-state index in [1.54, 1.807) is 0 Å². The van der Waals surface area contributed by atoms with E-state index in [0.29, 0.717) is 6.42 Å². The quantitative estimate of drug-likeness (QED) is 0.765. The van der Waals surface area contributed by atoms with Gasteiger partial charge in [0, 0.05) is 5.54 Å². The lowest BCUT2D eigenvalue weighted by Gasteiger charge is -2.36. The molecule has 0 aliphatic rings. The Bertz CT molecular complexity index is 373. The van der Waals surface area contributed by atoms with Gasteiger partial charge in [0.05, 0.1) is 11.8 Å². The Morgan fingerprint density at radius 2 is 1.62 bits per heavy atom. The molecule has 4 heteroatoms. The van der Waals surface area contributed by atoms with Crippen LogP contribution in [0.3, 0.4) is 0 Å². The first-order valence-corrected chi connectivity index (χ1v) is 7.12. The van der Waals surface area contributed by atoms with Crippen LogP contribution in [-0.2, 0) is 9.59 Å². The molecule has 0 bridgehead atoms. The number of primary amides is 1. The highest BCUT2D eigenvalue weighted by Crippen LogP contribution is 2.34. The van der Waals surface area contributed by atoms with E-state index in [4.69, 9.17) is 5.73 Å². The molecular formula is C17H34N2O2. The van der Waals surface area contributed by atoms with Crippen LogP contribution in [0.5, 0.6) is 0 Å². The fourth-order valence-corrected chi connectivity index (χ4v) is 2.33. The van der Waals surface area contributed by atoms with Crippen LogP contribution in [0.2, 0.25) is 0 Å². The smallest absolute Gasteiger partial charge is 0.224 e. The molecule has 21 heavy (non-hydrogen) atoms. The first kappa shape index (κ1) is 22.0. The lowest BCUT2D eigenvalue weighted by molar-refractivity contribution is -0.138. The third kappa shape index (κ3) is 7.88. The molecule has 0 saturated carbocycles. The van der Waals surface area contributed by atoms with Gasteiger partial charge < -0.3 is 11.1 Å². The van der Waals surface area contributed by atoms with Crippen molar-refractivity contribution in [2.45, 2.75) is 67.9 Å². The monoisotopic (exact) mass is 298 g/mol. The predicted octanol–water partition coefficient (Wildman–Crippen LogP) is 3.27. The van der Waals surface area contributed by atoms with Crippen LogP contribution in [0.15, 0.2) is 12.2 Å². The van der Waals surface area contributed by atoms with E-state index in [2.05, 4.69) is 5.32 Å². The minimum atomic E-state index is -0.492. The van der Waals surface area contributed by atoms with Crippen LogP contribution in [0, 0.1) is 17.3 Å². The topological polar surface area (TPSA) is 72.2 Å². The zero-order chi connectivity index (χ0) is 16.1. The molecule has 0 heterocycles. The zero-order valence-corrected chi connectivity index (χ0v) is 13.9. The van der Waals surface area contributed by atoms with Crippen LogP contribution in [-0.4, -0.2) is 17.4 Å². The van der Waals surface area contributed by atoms with Crippen LogP contribution in [0.4, 0.5) is 0 Å². The summed E-state index contributed by atoms with van der Waals surface area (Å²) < 4.78 is 0. The molecular weight excluding hydrogens is 264 g/mol. The van der Waals surface area contributed by atoms with Crippen LogP contribution in [0.25, 0.3) is 0 Å². The number of allylic oxidation sites excluding steroid dienone is 2. The van der Waals surface area contributed by atoms with Crippen molar-refractivity contribution in [3.8, 4) is 0 Å². The maximum absolute atomic E-state index is 12.6. The van der Waals surface area contributed by atoms with Crippen molar-refractivity contribution in [2.24, 2.45) is 23.0 Å². The van der Waals surface area contributed by atoms with Crippen LogP contribution >= 0.6 is 0 Å². The highest BCUT2D eigenvalue weighted by molar-refractivity contribution is 5.87. The van der Waals surface area contributed by atoms with Gasteiger partial charge in [-0.3, -0.25) is 9.59 Å². The largest absolute Gasteiger partial charge is 0.369 e. The van der Waals surface area contributed by atoms with E-state index >= 15 is 0 Å². The molecule has 0 unspecified atom stereocenters. The van der Waals surface area contributed by atoms with Gasteiger partial charge in [0.2, 0.25) is 11.8 Å². The van der Waals surface area contributed by atoms with Crippen molar-refractivity contribution in [3.63, 3.8) is 0 Å². The summed E-state index contributed by atoms with van der Waals surface area (Å²) in [6, 6.07) is 0. The molecule has 0 saturated heterocycles. The van der Waals surface area contributed by atoms with Crippen molar-refractivity contribution in [1.82, 2.24) is 5.32 Å². The number of hydrogen-bond acceptors (Lipinski definition) is 2. The van der Waals surface area contributed by atoms with Gasteiger partial charge in [-0.05, 0) is 39.5 Å². The number of nitrogens with one attached hydrogen (secondary N) is 1. The second-order valence-corrected chi connectivity index (χ2v) is 7.40. The van der Waals surface area contributed by atoms with Gasteiger partial charge in [-0.1, -0.05) is 40.3 Å². The number of nitrogens with two attached hydrogens (primary N) is 1. The van der Waals surface area contributed by atoms with Gasteiger partial charge in [0.25, 0.3) is 0 Å². The standard InChI is InChI=1S/C16H30N2O2.CH4/c1-8-9-10-11(13(17)19)12(15(2,3)4)14(20)18-16(5,6)7;/h8-9,11-12H,10H2,1-7H3,(H2,17,19)(H,18,20);1H4/b9-8+;/t11-,12+;/m0./s1. The lowest BCUT2D eigenvalue weighted by Crippen LogP contribution is -2.51. The summed E-state index contributed by atoms with van der Waals surface area (Å²) in [5.74, 6) is -1.48. The molecule has 2 amide bonds. The average molecular weight is 298 g/mol. The molecule has 0 spiro atoms. The normalized spacial score (nSPS) is 15.2. The van der Waals surface area contributed by atoms with E-state index in [1.807, 2.05) is 60.6 Å². The number of carbonyl (C=O) groups is 2. The van der Waals surface area contributed by atoms with Gasteiger partial charge in [0.15, 0.2) is 0 Å². The fraction of sp³-hybridized carbons (Fsp3) is 0.765. The maximum atomic E-state index is 12.6. The number of carbonyl (C=O) groups excluding carboxylic acids is 2. The summed E-state index contributed by atoms with van der Waals surface area (Å²) >= 11 is 0. The predicted molar refractivity (Wildman–Crippen MR) is 89.7 cm³/mol. The van der Waals surface area contributed by atoms with Crippen LogP contribution < -0.4 is 11.1 Å². The summed E-state index contributed by atoms with van der Waals surface area (Å²) in [5.41, 5.74) is 4.86. The summed E-state index contributed by atoms with van der Waals surface area (Å²) in [5, 5.41) is 2.97. The second kappa shape index (κ2) is 8.20. The number of rotatable bonds is 5. The minimum absolute atomic E-state index is 0. The first-order valence-electron chi connectivity index (χ1n) is 7.12. The van der Waals surface area contributed by atoms with Gasteiger partial charge >= 0.3 is 0 Å². The lowest BCUT2D eigenvalue weighted by atomic mass is 9.70. The molecule has 3 N–H and O–H groups in total. The Hall–Kier alpha value is -1.32. The molecule has 0 aliphatic heterocycles. The molecule has 0 rings (SSSR count). The summed E-state index contributed by atoms with van der Waals surface area (Å²) in [6.07, 6.45) is 4.25. The zero-order valence-electron chi connectivity index (χ0n) is 13.9. The van der Waals surface area contributed by atoms with Crippen molar-refractivity contribution in [2.75, 3.05) is 0 Å². The Morgan fingerprint density at radius 1 is 1.14 bits per heavy atom. The third-order valence-electron chi connectivity index (χ3n) is 3.11. The molecule has 0 radical (unpaired) electrons. The average Bonchev–Trinajstić information content (AvgIpc) is 2.18. The van der Waals surface area contributed by atoms with E-state index in [-0.39, 0.29) is 24.3 Å². The highest BCUT2D eigenvalue weighted by Gasteiger charge is 2.41. The van der Waals surface area contributed by atoms with Crippen molar-refractivity contribution in [3.05, 3.63) is 12.2 Å². The van der Waals surface area contributed by atoms with Crippen LogP contribution in [0.1, 0.15) is 62.3 Å². The fourth-order valence-electron chi connectivity index (χ4n) is 2.33. The van der Waals surface area contributed by atoms with E-state index in [9.17, 15) is 9.59 Å². The number of hydrogen-bond donors (Lipinski definition) is 2. The summed E-state index contributed by atoms with van der Waals surface area (Å²) in [6.45, 7) is 13.6. The summed E-state index contributed by atoms with van der Waals surface area (Å²) in [4.78, 5) is 24.3. The molecule has 4 nitrogen and oxygen atoms in total. The van der Waals surface area contributed by atoms with Gasteiger partial charge in [-0.25, -0.2) is 0 Å². The summed E-state index contributed by atoms with van der Waals surface area (Å²) in [7, 11) is 0. The second-order valence-electron chi connectivity index (χ2n) is 7.40. The van der Waals surface area contributed by atoms with E-state index in [1.165, 1.54) is 0 Å². The van der Waals surface area contributed by atoms with Gasteiger partial charge in [-0.2, -0.15) is 0 Å². The maximum Gasteiger partial charge on any atom is 0.224 e. The third-order valence-corrected chi connectivity index (χ3v) is 3.11.